The second-order valence-electron chi connectivity index (χ2n) is 6.17. The smallest absolute Gasteiger partial charge is 0.266 e. The standard InChI is InChI=1S/C17H19N5O2/c1-17(14-10-18-21(2)11-14)12-22(8-9-23-17)16-19-15(24-20-16)13-6-4-3-5-7-13/h3-7,10-11H,8-9,12H2,1-2H3/t17-/m1/s1. The van der Waals surface area contributed by atoms with Crippen molar-refractivity contribution in [1.29, 1.82) is 0 Å². The average Bonchev–Trinajstić information content (AvgIpc) is 3.25. The molecule has 124 valence electrons. The molecule has 3 heterocycles. The third-order valence-electron chi connectivity index (χ3n) is 4.31. The normalized spacial score (nSPS) is 21.2. The summed E-state index contributed by atoms with van der Waals surface area (Å²) in [5.74, 6) is 1.12. The fraction of sp³-hybridized carbons (Fsp3) is 0.353. The highest BCUT2D eigenvalue weighted by Crippen LogP contribution is 2.31. The summed E-state index contributed by atoms with van der Waals surface area (Å²) in [5, 5.41) is 8.39. The zero-order valence-electron chi connectivity index (χ0n) is 13.7. The molecule has 1 fully saturated rings. The minimum absolute atomic E-state index is 0.444. The number of anilines is 1. The van der Waals surface area contributed by atoms with Gasteiger partial charge in [-0.05, 0) is 24.2 Å². The summed E-state index contributed by atoms with van der Waals surface area (Å²) in [7, 11) is 1.90. The molecule has 1 atom stereocenters. The lowest BCUT2D eigenvalue weighted by atomic mass is 9.97. The van der Waals surface area contributed by atoms with Crippen LogP contribution < -0.4 is 4.90 Å². The molecule has 1 aliphatic heterocycles. The van der Waals surface area contributed by atoms with Crippen LogP contribution in [0.4, 0.5) is 5.95 Å². The van der Waals surface area contributed by atoms with Crippen LogP contribution in [0.5, 0.6) is 0 Å². The number of nitrogens with zero attached hydrogens (tertiary/aromatic N) is 5. The first-order chi connectivity index (χ1) is 11.6. The molecule has 0 saturated carbocycles. The second-order valence-corrected chi connectivity index (χ2v) is 6.17. The first-order valence-corrected chi connectivity index (χ1v) is 7.91. The summed E-state index contributed by atoms with van der Waals surface area (Å²) in [4.78, 5) is 6.63. The molecule has 0 aliphatic carbocycles. The maximum atomic E-state index is 6.03. The van der Waals surface area contributed by atoms with Gasteiger partial charge in [0.2, 0.25) is 0 Å². The van der Waals surface area contributed by atoms with Gasteiger partial charge < -0.3 is 14.2 Å². The minimum atomic E-state index is -0.444. The summed E-state index contributed by atoms with van der Waals surface area (Å²) >= 11 is 0. The summed E-state index contributed by atoms with van der Waals surface area (Å²) < 4.78 is 13.2. The molecule has 0 amide bonds. The molecule has 7 heteroatoms. The van der Waals surface area contributed by atoms with E-state index in [1.54, 1.807) is 4.68 Å². The van der Waals surface area contributed by atoms with Gasteiger partial charge in [0.15, 0.2) is 0 Å². The van der Waals surface area contributed by atoms with Crippen molar-refractivity contribution >= 4 is 5.95 Å². The Morgan fingerprint density at radius 2 is 2.04 bits per heavy atom. The highest BCUT2D eigenvalue weighted by Gasteiger charge is 2.36. The Balaban J connectivity index is 1.58. The van der Waals surface area contributed by atoms with Gasteiger partial charge in [0.1, 0.15) is 5.60 Å². The maximum absolute atomic E-state index is 6.03. The van der Waals surface area contributed by atoms with E-state index in [9.17, 15) is 0 Å². The number of hydrogen-bond acceptors (Lipinski definition) is 6. The van der Waals surface area contributed by atoms with Crippen molar-refractivity contribution < 1.29 is 9.26 Å². The highest BCUT2D eigenvalue weighted by atomic mass is 16.5. The first-order valence-electron chi connectivity index (χ1n) is 7.91. The molecule has 0 radical (unpaired) electrons. The third-order valence-corrected chi connectivity index (χ3v) is 4.31. The number of rotatable bonds is 3. The van der Waals surface area contributed by atoms with Crippen molar-refractivity contribution in [2.75, 3.05) is 24.6 Å². The predicted molar refractivity (Wildman–Crippen MR) is 88.5 cm³/mol. The van der Waals surface area contributed by atoms with E-state index >= 15 is 0 Å². The topological polar surface area (TPSA) is 69.2 Å². The van der Waals surface area contributed by atoms with Crippen molar-refractivity contribution in [2.24, 2.45) is 7.05 Å². The molecule has 1 saturated heterocycles. The summed E-state index contributed by atoms with van der Waals surface area (Å²) in [6, 6.07) is 9.77. The molecule has 24 heavy (non-hydrogen) atoms. The van der Waals surface area contributed by atoms with Crippen LogP contribution in [0.2, 0.25) is 0 Å². The van der Waals surface area contributed by atoms with Crippen molar-refractivity contribution in [3.8, 4) is 11.5 Å². The molecule has 7 nitrogen and oxygen atoms in total. The Labute approximate surface area is 139 Å². The van der Waals surface area contributed by atoms with E-state index in [1.807, 2.05) is 49.8 Å². The molecular formula is C17H19N5O2. The molecule has 0 N–H and O–H groups in total. The monoisotopic (exact) mass is 325 g/mol. The van der Waals surface area contributed by atoms with Gasteiger partial charge in [-0.1, -0.05) is 18.2 Å². The highest BCUT2D eigenvalue weighted by molar-refractivity contribution is 5.54. The van der Waals surface area contributed by atoms with Crippen molar-refractivity contribution in [1.82, 2.24) is 19.9 Å². The predicted octanol–water partition coefficient (Wildman–Crippen LogP) is 2.22. The van der Waals surface area contributed by atoms with Crippen molar-refractivity contribution in [2.45, 2.75) is 12.5 Å². The van der Waals surface area contributed by atoms with E-state index in [2.05, 4.69) is 27.1 Å². The van der Waals surface area contributed by atoms with Gasteiger partial charge in [-0.15, -0.1) is 0 Å². The van der Waals surface area contributed by atoms with E-state index in [1.165, 1.54) is 0 Å². The van der Waals surface area contributed by atoms with Crippen LogP contribution in [0.1, 0.15) is 12.5 Å². The molecular weight excluding hydrogens is 306 g/mol. The van der Waals surface area contributed by atoms with E-state index in [0.717, 1.165) is 17.7 Å². The lowest BCUT2D eigenvalue weighted by molar-refractivity contribution is -0.0471. The molecule has 0 spiro atoms. The van der Waals surface area contributed by atoms with Gasteiger partial charge in [-0.2, -0.15) is 10.1 Å². The van der Waals surface area contributed by atoms with E-state index in [4.69, 9.17) is 9.26 Å². The number of aryl methyl sites for hydroxylation is 1. The van der Waals surface area contributed by atoms with Gasteiger partial charge >= 0.3 is 0 Å². The van der Waals surface area contributed by atoms with Crippen LogP contribution in [0, 0.1) is 0 Å². The zero-order chi connectivity index (χ0) is 16.6. The zero-order valence-corrected chi connectivity index (χ0v) is 13.7. The van der Waals surface area contributed by atoms with Crippen molar-refractivity contribution in [3.05, 3.63) is 48.3 Å². The van der Waals surface area contributed by atoms with Crippen molar-refractivity contribution in [3.63, 3.8) is 0 Å². The fourth-order valence-corrected chi connectivity index (χ4v) is 2.95. The average molecular weight is 325 g/mol. The Kier molecular flexibility index (Phi) is 3.57. The van der Waals surface area contributed by atoms with Crippen LogP contribution in [0.15, 0.2) is 47.2 Å². The Bertz CT molecular complexity index is 828. The van der Waals surface area contributed by atoms with Crippen LogP contribution >= 0.6 is 0 Å². The van der Waals surface area contributed by atoms with Gasteiger partial charge in [-0.3, -0.25) is 4.68 Å². The summed E-state index contributed by atoms with van der Waals surface area (Å²) in [5.41, 5.74) is 1.51. The Morgan fingerprint density at radius 3 is 2.79 bits per heavy atom. The number of benzene rings is 1. The minimum Gasteiger partial charge on any atom is -0.367 e. The van der Waals surface area contributed by atoms with E-state index in [0.29, 0.717) is 25.0 Å². The number of morpholine rings is 1. The molecule has 1 aliphatic rings. The fourth-order valence-electron chi connectivity index (χ4n) is 2.95. The summed E-state index contributed by atoms with van der Waals surface area (Å²) in [6.07, 6.45) is 3.82. The van der Waals surface area contributed by atoms with Gasteiger partial charge in [0.25, 0.3) is 11.8 Å². The quantitative estimate of drug-likeness (QED) is 0.735. The molecule has 0 unspecified atom stereocenters. The van der Waals surface area contributed by atoms with Crippen LogP contribution in [-0.2, 0) is 17.4 Å². The van der Waals surface area contributed by atoms with E-state index in [-0.39, 0.29) is 0 Å². The number of ether oxygens (including phenoxy) is 1. The van der Waals surface area contributed by atoms with Gasteiger partial charge in [0, 0.05) is 30.9 Å². The van der Waals surface area contributed by atoms with Crippen LogP contribution in [0.25, 0.3) is 11.5 Å². The lowest BCUT2D eigenvalue weighted by Crippen LogP contribution is -2.48. The maximum Gasteiger partial charge on any atom is 0.266 e. The van der Waals surface area contributed by atoms with Crippen LogP contribution in [-0.4, -0.2) is 39.6 Å². The molecule has 1 aromatic carbocycles. The lowest BCUT2D eigenvalue weighted by Gasteiger charge is -2.39. The number of aromatic nitrogens is 4. The third kappa shape index (κ3) is 2.67. The second kappa shape index (κ2) is 5.76. The van der Waals surface area contributed by atoms with Gasteiger partial charge in [-0.25, -0.2) is 0 Å². The number of hydrogen-bond donors (Lipinski definition) is 0. The molecule has 0 bridgehead atoms. The molecule has 3 aromatic rings. The van der Waals surface area contributed by atoms with Crippen LogP contribution in [0.3, 0.4) is 0 Å². The Morgan fingerprint density at radius 1 is 1.21 bits per heavy atom. The SMILES string of the molecule is Cn1cc([C@@]2(C)CN(c3noc(-c4ccccc4)n3)CCO2)cn1. The van der Waals surface area contributed by atoms with E-state index < -0.39 is 5.60 Å². The largest absolute Gasteiger partial charge is 0.367 e. The first kappa shape index (κ1) is 14.9. The molecule has 4 rings (SSSR count). The molecule has 2 aromatic heterocycles. The summed E-state index contributed by atoms with van der Waals surface area (Å²) in [6.45, 7) is 4.03. The Hall–Kier alpha value is -2.67. The van der Waals surface area contributed by atoms with Gasteiger partial charge in [0.05, 0.1) is 19.3 Å².